The van der Waals surface area contributed by atoms with Crippen molar-refractivity contribution in [3.63, 3.8) is 0 Å². The lowest BCUT2D eigenvalue weighted by molar-refractivity contribution is -0.131. The fraction of sp³-hybridized carbons (Fsp3) is 0.364. The largest absolute Gasteiger partial charge is 0.494 e. The van der Waals surface area contributed by atoms with E-state index >= 15 is 0 Å². The molecule has 3 heterocycles. The third-order valence-corrected chi connectivity index (χ3v) is 5.38. The van der Waals surface area contributed by atoms with Gasteiger partial charge in [0.1, 0.15) is 13.2 Å². The van der Waals surface area contributed by atoms with E-state index in [1.165, 1.54) is 37.5 Å². The highest BCUT2D eigenvalue weighted by Gasteiger charge is 2.24. The molecule has 1 fully saturated rings. The van der Waals surface area contributed by atoms with Gasteiger partial charge in [-0.15, -0.1) is 0 Å². The summed E-state index contributed by atoms with van der Waals surface area (Å²) in [5.41, 5.74) is 0.203. The molecule has 35 heavy (non-hydrogen) atoms. The van der Waals surface area contributed by atoms with Gasteiger partial charge in [-0.2, -0.15) is 5.10 Å². The molecule has 13 heteroatoms. The van der Waals surface area contributed by atoms with E-state index in [4.69, 9.17) is 14.2 Å². The normalized spacial score (nSPS) is 15.2. The first-order valence-electron chi connectivity index (χ1n) is 10.7. The van der Waals surface area contributed by atoms with Crippen molar-refractivity contribution in [3.8, 4) is 17.2 Å². The van der Waals surface area contributed by atoms with Gasteiger partial charge in [0.15, 0.2) is 28.9 Å². The second kappa shape index (κ2) is 10.5. The number of benzene rings is 1. The second-order valence-corrected chi connectivity index (χ2v) is 7.75. The number of nitrogens with one attached hydrogen (secondary N) is 1. The van der Waals surface area contributed by atoms with Gasteiger partial charge >= 0.3 is 0 Å². The Hall–Kier alpha value is -4.00. The number of β-amino-alcohol motifs (C(OH)–C–C–N with tert-alkyl or cyclic N) is 1. The molecule has 0 radical (unpaired) electrons. The van der Waals surface area contributed by atoms with E-state index in [0.717, 1.165) is 6.07 Å². The van der Waals surface area contributed by atoms with Gasteiger partial charge in [-0.05, 0) is 6.42 Å². The van der Waals surface area contributed by atoms with E-state index in [0.29, 0.717) is 25.2 Å². The Morgan fingerprint density at radius 3 is 2.46 bits per heavy atom. The van der Waals surface area contributed by atoms with Crippen molar-refractivity contribution in [1.82, 2.24) is 24.6 Å². The lowest BCUT2D eigenvalue weighted by atomic mass is 10.1. The molecule has 2 N–H and O–H groups in total. The summed E-state index contributed by atoms with van der Waals surface area (Å²) in [5, 5.41) is 16.7. The van der Waals surface area contributed by atoms with Crippen LogP contribution < -0.4 is 19.5 Å². The van der Waals surface area contributed by atoms with Gasteiger partial charge in [0.05, 0.1) is 50.2 Å². The average Bonchev–Trinajstić information content (AvgIpc) is 3.49. The standard InChI is InChI=1S/C22H24F2N6O5/c1-33-17-5-18(34-2)21(24)16(20(17)23)12-35-15-7-25-22(26-8-15)28-13-6-27-30(9-13)11-19(32)29-4-3-14(31)10-29/h5-9,14,31H,3-4,10-12H2,1-2H3,(H,25,26,28)/t14-/m1/s1. The van der Waals surface area contributed by atoms with Gasteiger partial charge in [0.25, 0.3) is 0 Å². The predicted octanol–water partition coefficient (Wildman–Crippen LogP) is 1.88. The fourth-order valence-electron chi connectivity index (χ4n) is 3.52. The number of halogens is 2. The first-order chi connectivity index (χ1) is 16.9. The number of hydrogen-bond acceptors (Lipinski definition) is 9. The molecule has 1 aliphatic rings. The van der Waals surface area contributed by atoms with E-state index < -0.39 is 24.3 Å². The molecule has 0 saturated carbocycles. The Labute approximate surface area is 199 Å². The lowest BCUT2D eigenvalue weighted by Gasteiger charge is -2.15. The van der Waals surface area contributed by atoms with Crippen LogP contribution in [0.1, 0.15) is 12.0 Å². The minimum atomic E-state index is -0.888. The van der Waals surface area contributed by atoms with Crippen LogP contribution in [0.3, 0.4) is 0 Å². The van der Waals surface area contributed by atoms with Crippen LogP contribution in [0, 0.1) is 11.6 Å². The van der Waals surface area contributed by atoms with Crippen LogP contribution in [0.5, 0.6) is 17.2 Å². The van der Waals surface area contributed by atoms with E-state index in [1.807, 2.05) is 0 Å². The second-order valence-electron chi connectivity index (χ2n) is 7.75. The summed E-state index contributed by atoms with van der Waals surface area (Å²) < 4.78 is 45.7. The van der Waals surface area contributed by atoms with Crippen LogP contribution in [-0.2, 0) is 17.9 Å². The minimum Gasteiger partial charge on any atom is -0.494 e. The molecule has 186 valence electrons. The Balaban J connectivity index is 1.34. The SMILES string of the molecule is COc1cc(OC)c(F)c(COc2cnc(Nc3cnn(CC(=O)N4CC[C@@H](O)C4)c3)nc2)c1F. The van der Waals surface area contributed by atoms with E-state index in [2.05, 4.69) is 20.4 Å². The zero-order valence-corrected chi connectivity index (χ0v) is 19.1. The summed E-state index contributed by atoms with van der Waals surface area (Å²) in [6.45, 7) is 0.470. The summed E-state index contributed by atoms with van der Waals surface area (Å²) in [7, 11) is 2.53. The van der Waals surface area contributed by atoms with E-state index in [-0.39, 0.29) is 41.2 Å². The number of likely N-dealkylation sites (tertiary alicyclic amines) is 1. The number of aliphatic hydroxyl groups excluding tert-OH is 1. The van der Waals surface area contributed by atoms with E-state index in [1.54, 1.807) is 11.1 Å². The number of rotatable bonds is 9. The number of anilines is 2. The minimum absolute atomic E-state index is 0.0458. The van der Waals surface area contributed by atoms with Gasteiger partial charge in [0, 0.05) is 25.4 Å². The van der Waals surface area contributed by atoms with Crippen LogP contribution in [0.25, 0.3) is 0 Å². The first kappa shape index (κ1) is 24.1. The molecule has 1 aromatic carbocycles. The zero-order chi connectivity index (χ0) is 24.9. The molecule has 0 aliphatic carbocycles. The molecule has 11 nitrogen and oxygen atoms in total. The Bertz CT molecular complexity index is 1160. The number of carbonyl (C=O) groups is 1. The highest BCUT2D eigenvalue weighted by Crippen LogP contribution is 2.32. The molecule has 2 aromatic heterocycles. The molecule has 3 aromatic rings. The quantitative estimate of drug-likeness (QED) is 0.463. The number of aromatic nitrogens is 4. The van der Waals surface area contributed by atoms with Gasteiger partial charge < -0.3 is 29.5 Å². The summed E-state index contributed by atoms with van der Waals surface area (Å²) in [6.07, 6.45) is 5.92. The molecule has 1 saturated heterocycles. The molecule has 0 bridgehead atoms. The Morgan fingerprint density at radius 2 is 1.86 bits per heavy atom. The van der Waals surface area contributed by atoms with Gasteiger partial charge in [-0.1, -0.05) is 0 Å². The third-order valence-electron chi connectivity index (χ3n) is 5.38. The third kappa shape index (κ3) is 5.57. The monoisotopic (exact) mass is 490 g/mol. The summed E-state index contributed by atoms with van der Waals surface area (Å²) >= 11 is 0. The van der Waals surface area contributed by atoms with Crippen molar-refractivity contribution in [3.05, 3.63) is 48.1 Å². The maximum absolute atomic E-state index is 14.5. The fourth-order valence-corrected chi connectivity index (χ4v) is 3.52. The smallest absolute Gasteiger partial charge is 0.244 e. The van der Waals surface area contributed by atoms with Crippen molar-refractivity contribution in [2.24, 2.45) is 0 Å². The number of aliphatic hydroxyl groups is 1. The Morgan fingerprint density at radius 1 is 1.17 bits per heavy atom. The van der Waals surface area contributed by atoms with Gasteiger partial charge in [-0.3, -0.25) is 9.48 Å². The van der Waals surface area contributed by atoms with Gasteiger partial charge in [0.2, 0.25) is 11.9 Å². The maximum atomic E-state index is 14.5. The highest BCUT2D eigenvalue weighted by atomic mass is 19.1. The van der Waals surface area contributed by atoms with Crippen LogP contribution in [0.2, 0.25) is 0 Å². The van der Waals surface area contributed by atoms with Crippen LogP contribution in [0.15, 0.2) is 30.9 Å². The molecular formula is C22H24F2N6O5. The van der Waals surface area contributed by atoms with Crippen molar-refractivity contribution in [2.45, 2.75) is 25.7 Å². The van der Waals surface area contributed by atoms with Crippen molar-refractivity contribution in [2.75, 3.05) is 32.6 Å². The zero-order valence-electron chi connectivity index (χ0n) is 19.1. The molecule has 0 spiro atoms. The predicted molar refractivity (Wildman–Crippen MR) is 119 cm³/mol. The number of ether oxygens (including phenoxy) is 3. The van der Waals surface area contributed by atoms with Crippen LogP contribution >= 0.6 is 0 Å². The number of methoxy groups -OCH3 is 2. The van der Waals surface area contributed by atoms with Gasteiger partial charge in [-0.25, -0.2) is 18.7 Å². The Kier molecular flexibility index (Phi) is 7.25. The molecule has 1 atom stereocenters. The van der Waals surface area contributed by atoms with Crippen molar-refractivity contribution >= 4 is 17.5 Å². The molecule has 0 unspecified atom stereocenters. The lowest BCUT2D eigenvalue weighted by Crippen LogP contribution is -2.32. The number of nitrogens with zero attached hydrogens (tertiary/aromatic N) is 5. The van der Waals surface area contributed by atoms with E-state index in [9.17, 15) is 18.7 Å². The summed E-state index contributed by atoms with van der Waals surface area (Å²) in [4.78, 5) is 22.1. The number of hydrogen-bond donors (Lipinski definition) is 2. The topological polar surface area (TPSA) is 124 Å². The maximum Gasteiger partial charge on any atom is 0.244 e. The molecular weight excluding hydrogens is 466 g/mol. The van der Waals surface area contributed by atoms with Crippen LogP contribution in [0.4, 0.5) is 20.4 Å². The van der Waals surface area contributed by atoms with Crippen LogP contribution in [-0.4, -0.2) is 69.1 Å². The molecule has 1 amide bonds. The van der Waals surface area contributed by atoms with Crippen molar-refractivity contribution in [1.29, 1.82) is 0 Å². The average molecular weight is 490 g/mol. The highest BCUT2D eigenvalue weighted by molar-refractivity contribution is 5.76. The summed E-state index contributed by atoms with van der Waals surface area (Å²) in [6, 6.07) is 1.12. The summed E-state index contributed by atoms with van der Waals surface area (Å²) in [5.74, 6) is -1.83. The first-order valence-corrected chi connectivity index (χ1v) is 10.7. The number of carbonyl (C=O) groups excluding carboxylic acids is 1. The molecule has 1 aliphatic heterocycles. The van der Waals surface area contributed by atoms with Crippen molar-refractivity contribution < 1.29 is 32.9 Å². The molecule has 4 rings (SSSR count). The number of amides is 1.